The SMILES string of the molecule is COc1ccc(CNC(=O)C(C)OC(=O)c2cccnc2SC(F)F)cc1. The summed E-state index contributed by atoms with van der Waals surface area (Å²) in [5.41, 5.74) is 0.725. The molecule has 0 saturated carbocycles. The Morgan fingerprint density at radius 1 is 1.22 bits per heavy atom. The van der Waals surface area contributed by atoms with Crippen molar-refractivity contribution in [1.82, 2.24) is 10.3 Å². The quantitative estimate of drug-likeness (QED) is 0.545. The molecule has 1 heterocycles. The Morgan fingerprint density at radius 3 is 2.56 bits per heavy atom. The van der Waals surface area contributed by atoms with E-state index in [0.29, 0.717) is 5.75 Å². The van der Waals surface area contributed by atoms with Crippen LogP contribution in [0.2, 0.25) is 0 Å². The molecule has 0 aliphatic rings. The lowest BCUT2D eigenvalue weighted by Gasteiger charge is -2.14. The lowest BCUT2D eigenvalue weighted by atomic mass is 10.2. The molecule has 0 fully saturated rings. The summed E-state index contributed by atoms with van der Waals surface area (Å²) >= 11 is 0.143. The zero-order valence-electron chi connectivity index (χ0n) is 14.6. The van der Waals surface area contributed by atoms with Gasteiger partial charge in [0.2, 0.25) is 0 Å². The third-order valence-corrected chi connectivity index (χ3v) is 4.20. The van der Waals surface area contributed by atoms with Gasteiger partial charge >= 0.3 is 5.97 Å². The monoisotopic (exact) mass is 396 g/mol. The average Bonchev–Trinajstić information content (AvgIpc) is 2.66. The Bertz CT molecular complexity index is 787. The van der Waals surface area contributed by atoms with Crippen molar-refractivity contribution in [2.75, 3.05) is 7.11 Å². The van der Waals surface area contributed by atoms with Gasteiger partial charge in [0.25, 0.3) is 11.7 Å². The van der Waals surface area contributed by atoms with Gasteiger partial charge in [-0.25, -0.2) is 9.78 Å². The fourth-order valence-corrected chi connectivity index (χ4v) is 2.65. The van der Waals surface area contributed by atoms with Crippen molar-refractivity contribution in [1.29, 1.82) is 0 Å². The first kappa shape index (κ1) is 20.6. The second-order valence-corrected chi connectivity index (χ2v) is 6.33. The lowest BCUT2D eigenvalue weighted by molar-refractivity contribution is -0.129. The van der Waals surface area contributed by atoms with Gasteiger partial charge in [-0.15, -0.1) is 0 Å². The number of alkyl halides is 2. The minimum atomic E-state index is -2.73. The summed E-state index contributed by atoms with van der Waals surface area (Å²) in [5.74, 6) is -3.43. The molecule has 1 aromatic heterocycles. The first-order valence-corrected chi connectivity index (χ1v) is 8.80. The van der Waals surface area contributed by atoms with Crippen molar-refractivity contribution in [2.45, 2.75) is 30.4 Å². The van der Waals surface area contributed by atoms with E-state index in [4.69, 9.17) is 9.47 Å². The number of halogens is 2. The molecule has 9 heteroatoms. The van der Waals surface area contributed by atoms with Crippen LogP contribution in [0.15, 0.2) is 47.6 Å². The van der Waals surface area contributed by atoms with Crippen molar-refractivity contribution in [3.8, 4) is 5.75 Å². The number of thioether (sulfide) groups is 1. The van der Waals surface area contributed by atoms with Crippen LogP contribution in [-0.2, 0) is 16.1 Å². The van der Waals surface area contributed by atoms with Crippen LogP contribution in [-0.4, -0.2) is 35.8 Å². The van der Waals surface area contributed by atoms with E-state index < -0.39 is 23.7 Å². The van der Waals surface area contributed by atoms with E-state index in [1.165, 1.54) is 25.3 Å². The zero-order valence-corrected chi connectivity index (χ0v) is 15.5. The number of amides is 1. The Kier molecular flexibility index (Phi) is 7.54. The number of hydrogen-bond acceptors (Lipinski definition) is 6. The van der Waals surface area contributed by atoms with Crippen LogP contribution in [0.3, 0.4) is 0 Å². The molecule has 6 nitrogen and oxygen atoms in total. The van der Waals surface area contributed by atoms with Crippen molar-refractivity contribution in [3.05, 3.63) is 53.7 Å². The molecule has 0 saturated heterocycles. The molecule has 2 rings (SSSR count). The number of nitrogens with zero attached hydrogens (tertiary/aromatic N) is 1. The smallest absolute Gasteiger partial charge is 0.341 e. The summed E-state index contributed by atoms with van der Waals surface area (Å²) < 4.78 is 35.3. The molecular formula is C18H18F2N2O4S. The van der Waals surface area contributed by atoms with E-state index in [0.717, 1.165) is 5.56 Å². The molecule has 1 amide bonds. The van der Waals surface area contributed by atoms with Crippen LogP contribution >= 0.6 is 11.8 Å². The van der Waals surface area contributed by atoms with Crippen LogP contribution < -0.4 is 10.1 Å². The first-order chi connectivity index (χ1) is 12.9. The highest BCUT2D eigenvalue weighted by Crippen LogP contribution is 2.26. The predicted octanol–water partition coefficient (Wildman–Crippen LogP) is 3.27. The molecule has 0 radical (unpaired) electrons. The number of aromatic nitrogens is 1. The van der Waals surface area contributed by atoms with Gasteiger partial charge < -0.3 is 14.8 Å². The number of pyridine rings is 1. The van der Waals surface area contributed by atoms with Gasteiger partial charge in [-0.05, 0) is 48.5 Å². The summed E-state index contributed by atoms with van der Waals surface area (Å²) in [4.78, 5) is 28.1. The molecular weight excluding hydrogens is 378 g/mol. The third kappa shape index (κ3) is 6.21. The standard InChI is InChI=1S/C18H18F2N2O4S/c1-11(15(23)22-10-12-5-7-13(25-2)8-6-12)26-17(24)14-4-3-9-21-16(14)27-18(19)20/h3-9,11,18H,10H2,1-2H3,(H,22,23). The van der Waals surface area contributed by atoms with Crippen molar-refractivity contribution >= 4 is 23.6 Å². The topological polar surface area (TPSA) is 77.5 Å². The van der Waals surface area contributed by atoms with Crippen molar-refractivity contribution < 1.29 is 27.8 Å². The van der Waals surface area contributed by atoms with Crippen molar-refractivity contribution in [2.24, 2.45) is 0 Å². The molecule has 0 aliphatic heterocycles. The summed E-state index contributed by atoms with van der Waals surface area (Å²) in [6.45, 7) is 1.64. The second-order valence-electron chi connectivity index (χ2n) is 5.35. The number of nitrogens with one attached hydrogen (secondary N) is 1. The zero-order chi connectivity index (χ0) is 19.8. The number of ether oxygens (including phenoxy) is 2. The van der Waals surface area contributed by atoms with Crippen LogP contribution in [0.4, 0.5) is 8.78 Å². The molecule has 0 aliphatic carbocycles. The molecule has 2 aromatic rings. The third-order valence-electron chi connectivity index (χ3n) is 3.47. The van der Waals surface area contributed by atoms with Gasteiger partial charge in [-0.3, -0.25) is 4.79 Å². The Labute approximate surface area is 159 Å². The normalized spacial score (nSPS) is 11.7. The summed E-state index contributed by atoms with van der Waals surface area (Å²) in [6.07, 6.45) is 0.201. The minimum absolute atomic E-state index is 0.113. The second kappa shape index (κ2) is 9.86. The Morgan fingerprint density at radius 2 is 1.93 bits per heavy atom. The Hall–Kier alpha value is -2.68. The van der Waals surface area contributed by atoms with E-state index in [2.05, 4.69) is 10.3 Å². The summed E-state index contributed by atoms with van der Waals surface area (Å²) in [6, 6.07) is 9.85. The van der Waals surface area contributed by atoms with Crippen LogP contribution in [0, 0.1) is 0 Å². The van der Waals surface area contributed by atoms with E-state index in [9.17, 15) is 18.4 Å². The van der Waals surface area contributed by atoms with E-state index in [-0.39, 0.29) is 28.9 Å². The maximum Gasteiger partial charge on any atom is 0.341 e. The van der Waals surface area contributed by atoms with Gasteiger partial charge in [0, 0.05) is 12.7 Å². The Balaban J connectivity index is 1.92. The van der Waals surface area contributed by atoms with Crippen LogP contribution in [0.5, 0.6) is 5.75 Å². The number of carbonyl (C=O) groups is 2. The largest absolute Gasteiger partial charge is 0.497 e. The number of benzene rings is 1. The van der Waals surface area contributed by atoms with Crippen LogP contribution in [0.1, 0.15) is 22.8 Å². The van der Waals surface area contributed by atoms with E-state index in [1.807, 2.05) is 0 Å². The molecule has 1 unspecified atom stereocenters. The molecule has 144 valence electrons. The summed E-state index contributed by atoms with van der Waals surface area (Å²) in [7, 11) is 1.56. The van der Waals surface area contributed by atoms with Crippen molar-refractivity contribution in [3.63, 3.8) is 0 Å². The number of hydrogen-bond donors (Lipinski definition) is 1. The average molecular weight is 396 g/mol. The maximum atomic E-state index is 12.6. The lowest BCUT2D eigenvalue weighted by Crippen LogP contribution is -2.35. The maximum absolute atomic E-state index is 12.6. The van der Waals surface area contributed by atoms with E-state index in [1.54, 1.807) is 31.4 Å². The highest BCUT2D eigenvalue weighted by molar-refractivity contribution is 7.99. The fraction of sp³-hybridized carbons (Fsp3) is 0.278. The van der Waals surface area contributed by atoms with Crippen LogP contribution in [0.25, 0.3) is 0 Å². The molecule has 1 aromatic carbocycles. The predicted molar refractivity (Wildman–Crippen MR) is 95.8 cm³/mol. The molecule has 27 heavy (non-hydrogen) atoms. The molecule has 1 N–H and O–H groups in total. The highest BCUT2D eigenvalue weighted by Gasteiger charge is 2.22. The van der Waals surface area contributed by atoms with Gasteiger partial charge in [0.15, 0.2) is 6.10 Å². The number of rotatable bonds is 8. The molecule has 0 spiro atoms. The number of carbonyl (C=O) groups excluding carboxylic acids is 2. The van der Waals surface area contributed by atoms with Gasteiger partial charge in [0.05, 0.1) is 12.7 Å². The minimum Gasteiger partial charge on any atom is -0.497 e. The highest BCUT2D eigenvalue weighted by atomic mass is 32.2. The summed E-state index contributed by atoms with van der Waals surface area (Å²) in [5, 5.41) is 2.49. The van der Waals surface area contributed by atoms with Gasteiger partial charge in [0.1, 0.15) is 10.8 Å². The fourth-order valence-electron chi connectivity index (χ4n) is 2.08. The number of methoxy groups -OCH3 is 1. The molecule has 0 bridgehead atoms. The number of esters is 1. The van der Waals surface area contributed by atoms with Gasteiger partial charge in [-0.2, -0.15) is 8.78 Å². The van der Waals surface area contributed by atoms with E-state index >= 15 is 0 Å². The van der Waals surface area contributed by atoms with Gasteiger partial charge in [-0.1, -0.05) is 12.1 Å². The molecule has 1 atom stereocenters. The first-order valence-electron chi connectivity index (χ1n) is 7.92.